The molecule has 1 aliphatic rings. The SMILES string of the molecule is Cn1c(=O)ccc2cccc([C@@H]3CO3)c21. The van der Waals surface area contributed by atoms with Crippen molar-refractivity contribution in [3.05, 3.63) is 46.2 Å². The summed E-state index contributed by atoms with van der Waals surface area (Å²) >= 11 is 0. The van der Waals surface area contributed by atoms with E-state index in [0.717, 1.165) is 23.1 Å². The van der Waals surface area contributed by atoms with Gasteiger partial charge in [0.25, 0.3) is 5.56 Å². The number of para-hydroxylation sites is 1. The van der Waals surface area contributed by atoms with Crippen LogP contribution in [0.5, 0.6) is 0 Å². The van der Waals surface area contributed by atoms with Crippen LogP contribution in [0.25, 0.3) is 10.9 Å². The second-order valence-electron chi connectivity index (χ2n) is 3.84. The molecule has 15 heavy (non-hydrogen) atoms. The van der Waals surface area contributed by atoms with Crippen LogP contribution in [0.4, 0.5) is 0 Å². The highest BCUT2D eigenvalue weighted by Gasteiger charge is 2.27. The Hall–Kier alpha value is -1.61. The molecule has 2 heterocycles. The maximum atomic E-state index is 11.6. The van der Waals surface area contributed by atoms with Crippen LogP contribution in [-0.4, -0.2) is 11.2 Å². The van der Waals surface area contributed by atoms with Gasteiger partial charge in [0.1, 0.15) is 6.10 Å². The van der Waals surface area contributed by atoms with Gasteiger partial charge in [-0.15, -0.1) is 0 Å². The standard InChI is InChI=1S/C12H11NO2/c1-13-11(14)6-5-8-3-2-4-9(12(8)13)10-7-15-10/h2-6,10H,7H2,1H3/t10-/m0/s1. The van der Waals surface area contributed by atoms with E-state index in [2.05, 4.69) is 0 Å². The maximum absolute atomic E-state index is 11.6. The first-order chi connectivity index (χ1) is 7.27. The van der Waals surface area contributed by atoms with Gasteiger partial charge in [-0.25, -0.2) is 0 Å². The van der Waals surface area contributed by atoms with E-state index in [1.165, 1.54) is 0 Å². The number of benzene rings is 1. The Morgan fingerprint density at radius 2 is 2.13 bits per heavy atom. The van der Waals surface area contributed by atoms with Crippen molar-refractivity contribution in [3.63, 3.8) is 0 Å². The Morgan fingerprint density at radius 3 is 2.87 bits per heavy atom. The number of aromatic nitrogens is 1. The van der Waals surface area contributed by atoms with Gasteiger partial charge in [-0.1, -0.05) is 18.2 Å². The molecule has 0 spiro atoms. The van der Waals surface area contributed by atoms with Crippen molar-refractivity contribution in [1.82, 2.24) is 4.57 Å². The first-order valence-corrected chi connectivity index (χ1v) is 4.97. The smallest absolute Gasteiger partial charge is 0.250 e. The highest BCUT2D eigenvalue weighted by molar-refractivity contribution is 5.82. The van der Waals surface area contributed by atoms with Gasteiger partial charge >= 0.3 is 0 Å². The molecule has 1 atom stereocenters. The third-order valence-corrected chi connectivity index (χ3v) is 2.85. The molecule has 0 bridgehead atoms. The van der Waals surface area contributed by atoms with Crippen LogP contribution in [0, 0.1) is 0 Å². The van der Waals surface area contributed by atoms with Crippen molar-refractivity contribution in [1.29, 1.82) is 0 Å². The van der Waals surface area contributed by atoms with E-state index in [1.54, 1.807) is 17.7 Å². The number of pyridine rings is 1. The van der Waals surface area contributed by atoms with Crippen molar-refractivity contribution >= 4 is 10.9 Å². The van der Waals surface area contributed by atoms with Crippen LogP contribution in [0.15, 0.2) is 35.1 Å². The molecule has 0 saturated carbocycles. The van der Waals surface area contributed by atoms with Crippen LogP contribution < -0.4 is 5.56 Å². The fourth-order valence-corrected chi connectivity index (χ4v) is 1.97. The van der Waals surface area contributed by atoms with Gasteiger partial charge < -0.3 is 9.30 Å². The highest BCUT2D eigenvalue weighted by Crippen LogP contribution is 2.33. The van der Waals surface area contributed by atoms with Crippen LogP contribution in [0.1, 0.15) is 11.7 Å². The number of hydrogen-bond donors (Lipinski definition) is 0. The normalized spacial score (nSPS) is 19.4. The summed E-state index contributed by atoms with van der Waals surface area (Å²) in [5, 5.41) is 1.09. The van der Waals surface area contributed by atoms with Gasteiger partial charge in [0, 0.05) is 18.7 Å². The molecule has 3 rings (SSSR count). The minimum Gasteiger partial charge on any atom is -0.368 e. The maximum Gasteiger partial charge on any atom is 0.250 e. The Bertz CT molecular complexity index is 582. The van der Waals surface area contributed by atoms with Gasteiger partial charge in [-0.2, -0.15) is 0 Å². The van der Waals surface area contributed by atoms with E-state index < -0.39 is 0 Å². The lowest BCUT2D eigenvalue weighted by molar-refractivity contribution is 0.416. The molecule has 0 N–H and O–H groups in total. The zero-order valence-electron chi connectivity index (χ0n) is 8.43. The third-order valence-electron chi connectivity index (χ3n) is 2.85. The average molecular weight is 201 g/mol. The summed E-state index contributed by atoms with van der Waals surface area (Å²) in [6.45, 7) is 0.766. The third kappa shape index (κ3) is 1.27. The van der Waals surface area contributed by atoms with E-state index in [0.29, 0.717) is 0 Å². The second-order valence-corrected chi connectivity index (χ2v) is 3.84. The molecule has 1 aliphatic heterocycles. The molecule has 0 amide bonds. The predicted molar refractivity (Wildman–Crippen MR) is 57.9 cm³/mol. The Balaban J connectivity index is 2.44. The number of ether oxygens (including phenoxy) is 1. The molecular weight excluding hydrogens is 190 g/mol. The number of rotatable bonds is 1. The molecule has 1 saturated heterocycles. The van der Waals surface area contributed by atoms with Crippen LogP contribution >= 0.6 is 0 Å². The Morgan fingerprint density at radius 1 is 1.33 bits per heavy atom. The first kappa shape index (κ1) is 8.68. The van der Waals surface area contributed by atoms with Crippen molar-refractivity contribution < 1.29 is 4.74 Å². The van der Waals surface area contributed by atoms with Crippen LogP contribution in [0.3, 0.4) is 0 Å². The molecule has 3 heteroatoms. The largest absolute Gasteiger partial charge is 0.368 e. The van der Waals surface area contributed by atoms with E-state index in [4.69, 9.17) is 4.74 Å². The molecule has 1 aromatic heterocycles. The molecule has 1 aromatic carbocycles. The molecule has 0 radical (unpaired) electrons. The number of hydrogen-bond acceptors (Lipinski definition) is 2. The van der Waals surface area contributed by atoms with Crippen molar-refractivity contribution in [2.45, 2.75) is 6.10 Å². The minimum atomic E-state index is 0.0237. The van der Waals surface area contributed by atoms with E-state index in [1.807, 2.05) is 24.3 Å². The predicted octanol–water partition coefficient (Wildman–Crippen LogP) is 1.61. The lowest BCUT2D eigenvalue weighted by Crippen LogP contribution is -2.16. The fourth-order valence-electron chi connectivity index (χ4n) is 1.97. The van der Waals surface area contributed by atoms with Crippen LogP contribution in [0.2, 0.25) is 0 Å². The lowest BCUT2D eigenvalue weighted by atomic mass is 10.1. The van der Waals surface area contributed by atoms with Crippen molar-refractivity contribution in [2.75, 3.05) is 6.61 Å². The molecule has 0 unspecified atom stereocenters. The summed E-state index contributed by atoms with van der Waals surface area (Å²) < 4.78 is 6.97. The van der Waals surface area contributed by atoms with Crippen LogP contribution in [-0.2, 0) is 11.8 Å². The highest BCUT2D eigenvalue weighted by atomic mass is 16.6. The number of epoxide rings is 1. The summed E-state index contributed by atoms with van der Waals surface area (Å²) in [5.74, 6) is 0. The minimum absolute atomic E-state index is 0.0237. The first-order valence-electron chi connectivity index (χ1n) is 4.97. The van der Waals surface area contributed by atoms with Crippen molar-refractivity contribution in [3.8, 4) is 0 Å². The number of nitrogens with zero attached hydrogens (tertiary/aromatic N) is 1. The van der Waals surface area contributed by atoms with Gasteiger partial charge in [0.05, 0.1) is 12.1 Å². The van der Waals surface area contributed by atoms with Crippen molar-refractivity contribution in [2.24, 2.45) is 7.05 Å². The van der Waals surface area contributed by atoms with Gasteiger partial charge in [0.15, 0.2) is 0 Å². The fraction of sp³-hybridized carbons (Fsp3) is 0.250. The summed E-state index contributed by atoms with van der Waals surface area (Å²) in [6, 6.07) is 9.51. The topological polar surface area (TPSA) is 34.5 Å². The monoisotopic (exact) mass is 201 g/mol. The molecule has 2 aromatic rings. The second kappa shape index (κ2) is 2.94. The van der Waals surface area contributed by atoms with E-state index in [-0.39, 0.29) is 11.7 Å². The summed E-state index contributed by atoms with van der Waals surface area (Å²) in [7, 11) is 1.80. The molecule has 3 nitrogen and oxygen atoms in total. The summed E-state index contributed by atoms with van der Waals surface area (Å²) in [6.07, 6.45) is 0.182. The Labute approximate surface area is 86.9 Å². The average Bonchev–Trinajstić information content (AvgIpc) is 3.06. The molecule has 1 fully saturated rings. The summed E-state index contributed by atoms with van der Waals surface area (Å²) in [4.78, 5) is 11.6. The Kier molecular flexibility index (Phi) is 1.70. The summed E-state index contributed by atoms with van der Waals surface area (Å²) in [5.41, 5.74) is 2.14. The zero-order chi connectivity index (χ0) is 10.4. The van der Waals surface area contributed by atoms with E-state index >= 15 is 0 Å². The van der Waals surface area contributed by atoms with Gasteiger partial charge in [-0.3, -0.25) is 4.79 Å². The number of aryl methyl sites for hydroxylation is 1. The molecular formula is C12H11NO2. The van der Waals surface area contributed by atoms with Gasteiger partial charge in [0.2, 0.25) is 0 Å². The number of fused-ring (bicyclic) bond motifs is 1. The van der Waals surface area contributed by atoms with E-state index in [9.17, 15) is 4.79 Å². The lowest BCUT2D eigenvalue weighted by Gasteiger charge is -2.08. The quantitative estimate of drug-likeness (QED) is 0.657. The zero-order valence-corrected chi connectivity index (χ0v) is 8.43. The van der Waals surface area contributed by atoms with Gasteiger partial charge in [-0.05, 0) is 11.5 Å². The molecule has 0 aliphatic carbocycles. The molecule has 76 valence electrons.